The highest BCUT2D eigenvalue weighted by Crippen LogP contribution is 2.60. The molecule has 66 valence electrons. The fourth-order valence-corrected chi connectivity index (χ4v) is 2.09. The molecule has 0 aromatic heterocycles. The number of hydrogen-bond acceptors (Lipinski definition) is 3. The molecule has 0 bridgehead atoms. The Kier molecular flexibility index (Phi) is 2.48. The average molecular weight is 227 g/mol. The Balaban J connectivity index is 2.70. The Bertz CT molecular complexity index is 211. The van der Waals surface area contributed by atoms with E-state index in [1.54, 1.807) is 0 Å². The maximum atomic E-state index is 12.4. The van der Waals surface area contributed by atoms with E-state index in [1.807, 2.05) is 0 Å². The molecule has 0 aromatic carbocycles. The van der Waals surface area contributed by atoms with E-state index in [9.17, 15) is 13.3 Å². The lowest BCUT2D eigenvalue weighted by Gasteiger charge is -2.28. The van der Waals surface area contributed by atoms with Crippen LogP contribution in [0.3, 0.4) is 0 Å². The van der Waals surface area contributed by atoms with Gasteiger partial charge in [-0.15, -0.1) is 0 Å². The highest BCUT2D eigenvalue weighted by Gasteiger charge is 2.50. The van der Waals surface area contributed by atoms with Crippen LogP contribution < -0.4 is 0 Å². The first-order valence-corrected chi connectivity index (χ1v) is 5.36. The van der Waals surface area contributed by atoms with Gasteiger partial charge in [-0.1, -0.05) is 11.6 Å². The molecule has 0 radical (unpaired) electrons. The molecule has 1 fully saturated rings. The van der Waals surface area contributed by atoms with Crippen molar-refractivity contribution in [1.29, 1.82) is 0 Å². The van der Waals surface area contributed by atoms with Crippen LogP contribution in [-0.4, -0.2) is 18.1 Å². The summed E-state index contributed by atoms with van der Waals surface area (Å²) in [7, 11) is 0. The topological polar surface area (TPSA) is 35.5 Å². The number of hydrogen-bond donors (Lipinski definition) is 0. The van der Waals surface area contributed by atoms with Crippen LogP contribution in [0.5, 0.6) is 0 Å². The molecule has 3 nitrogen and oxygen atoms in total. The predicted octanol–water partition coefficient (Wildman–Crippen LogP) is 2.58. The van der Waals surface area contributed by atoms with Crippen molar-refractivity contribution in [1.82, 2.24) is 0 Å². The summed E-state index contributed by atoms with van der Waals surface area (Å²) < 4.78 is 43.4. The molecule has 11 heavy (non-hydrogen) atoms. The van der Waals surface area contributed by atoms with Crippen LogP contribution in [0.15, 0.2) is 0 Å². The second-order valence-corrected chi connectivity index (χ2v) is 4.86. The molecular formula is C3H3Cl2F2O3P. The summed E-state index contributed by atoms with van der Waals surface area (Å²) in [5.41, 5.74) is -1.99. The Morgan fingerprint density at radius 2 is 2.18 bits per heavy atom. The summed E-state index contributed by atoms with van der Waals surface area (Å²) in [6.07, 6.45) is 0. The third kappa shape index (κ3) is 2.26. The van der Waals surface area contributed by atoms with Gasteiger partial charge < -0.3 is 0 Å². The minimum Gasteiger partial charge on any atom is -0.290 e. The lowest BCUT2D eigenvalue weighted by atomic mass is 10.4. The van der Waals surface area contributed by atoms with Crippen molar-refractivity contribution in [3.05, 3.63) is 0 Å². The normalized spacial score (nSPS) is 43.8. The monoisotopic (exact) mass is 226 g/mol. The zero-order chi connectivity index (χ0) is 8.70. The first kappa shape index (κ1) is 9.68. The maximum Gasteiger partial charge on any atom is 0.426 e. The highest BCUT2D eigenvalue weighted by molar-refractivity contribution is 7.81. The third-order valence-corrected chi connectivity index (χ3v) is 2.93. The maximum absolute atomic E-state index is 12.4. The van der Waals surface area contributed by atoms with E-state index in [1.165, 1.54) is 0 Å². The van der Waals surface area contributed by atoms with Crippen molar-refractivity contribution in [2.75, 3.05) is 6.61 Å². The molecule has 0 spiro atoms. The van der Waals surface area contributed by atoms with Gasteiger partial charge in [0.15, 0.2) is 0 Å². The zero-order valence-electron chi connectivity index (χ0n) is 4.97. The summed E-state index contributed by atoms with van der Waals surface area (Å²) in [5, 5.41) is 0. The van der Waals surface area contributed by atoms with Crippen molar-refractivity contribution < 1.29 is 22.4 Å². The van der Waals surface area contributed by atoms with Crippen LogP contribution in [0.4, 0.5) is 8.78 Å². The van der Waals surface area contributed by atoms with Crippen LogP contribution in [0.25, 0.3) is 0 Å². The minimum absolute atomic E-state index is 1.08. The molecule has 1 aliphatic rings. The SMILES string of the molecule is O=P1(Cl)OCC(F)(F)C(Cl)O1. The summed E-state index contributed by atoms with van der Waals surface area (Å²) in [6.45, 7) is -4.94. The van der Waals surface area contributed by atoms with Gasteiger partial charge in [-0.3, -0.25) is 9.05 Å². The van der Waals surface area contributed by atoms with Gasteiger partial charge in [0.1, 0.15) is 6.61 Å². The Hall–Kier alpha value is 0.590. The number of halogens is 4. The third-order valence-electron chi connectivity index (χ3n) is 0.962. The van der Waals surface area contributed by atoms with Crippen LogP contribution in [0, 0.1) is 0 Å². The minimum atomic E-state index is -3.86. The quantitative estimate of drug-likeness (QED) is 0.471. The molecular weight excluding hydrogens is 224 g/mol. The van der Waals surface area contributed by atoms with E-state index < -0.39 is 25.0 Å². The van der Waals surface area contributed by atoms with E-state index in [0.29, 0.717) is 0 Å². The molecule has 1 aliphatic heterocycles. The second kappa shape index (κ2) is 2.82. The summed E-state index contributed by atoms with van der Waals surface area (Å²) in [4.78, 5) is 0. The number of alkyl halides is 3. The fourth-order valence-electron chi connectivity index (χ4n) is 0.447. The lowest BCUT2D eigenvalue weighted by molar-refractivity contribution is -0.118. The Labute approximate surface area is 70.9 Å². The van der Waals surface area contributed by atoms with Gasteiger partial charge in [-0.25, -0.2) is 4.57 Å². The van der Waals surface area contributed by atoms with Crippen molar-refractivity contribution in [2.24, 2.45) is 0 Å². The van der Waals surface area contributed by atoms with E-state index in [4.69, 9.17) is 22.8 Å². The Morgan fingerprint density at radius 3 is 2.55 bits per heavy atom. The van der Waals surface area contributed by atoms with Gasteiger partial charge in [-0.2, -0.15) is 8.78 Å². The van der Waals surface area contributed by atoms with Gasteiger partial charge in [0.05, 0.1) is 0 Å². The first-order chi connectivity index (χ1) is 4.83. The smallest absolute Gasteiger partial charge is 0.290 e. The Morgan fingerprint density at radius 1 is 1.64 bits per heavy atom. The molecule has 2 atom stereocenters. The summed E-state index contributed by atoms with van der Waals surface area (Å²) >= 11 is 9.97. The van der Waals surface area contributed by atoms with Crippen LogP contribution in [0.2, 0.25) is 0 Å². The molecule has 1 heterocycles. The highest BCUT2D eigenvalue weighted by atomic mass is 35.7. The standard InChI is InChI=1S/C3H3Cl2F2O3P/c4-2-3(6,7)1-9-11(5,8)10-2/h2H,1H2. The second-order valence-electron chi connectivity index (χ2n) is 1.89. The van der Waals surface area contributed by atoms with Gasteiger partial charge in [0.2, 0.25) is 5.56 Å². The van der Waals surface area contributed by atoms with Crippen molar-refractivity contribution in [3.63, 3.8) is 0 Å². The molecule has 0 amide bonds. The van der Waals surface area contributed by atoms with Crippen LogP contribution in [0.1, 0.15) is 0 Å². The van der Waals surface area contributed by atoms with Gasteiger partial charge in [0.25, 0.3) is 0 Å². The molecule has 0 saturated carbocycles. The molecule has 2 unspecified atom stereocenters. The molecule has 1 rings (SSSR count). The van der Waals surface area contributed by atoms with E-state index in [-0.39, 0.29) is 0 Å². The number of rotatable bonds is 0. The largest absolute Gasteiger partial charge is 0.426 e. The van der Waals surface area contributed by atoms with E-state index in [0.717, 1.165) is 0 Å². The predicted molar refractivity (Wildman–Crippen MR) is 35.1 cm³/mol. The lowest BCUT2D eigenvalue weighted by Crippen LogP contribution is -2.38. The summed E-state index contributed by atoms with van der Waals surface area (Å²) in [6, 6.07) is 0. The first-order valence-electron chi connectivity index (χ1n) is 2.48. The molecule has 0 aromatic rings. The molecule has 0 aliphatic carbocycles. The zero-order valence-corrected chi connectivity index (χ0v) is 7.37. The van der Waals surface area contributed by atoms with Crippen molar-refractivity contribution >= 4 is 29.8 Å². The summed E-state index contributed by atoms with van der Waals surface area (Å²) in [5.74, 6) is -3.34. The van der Waals surface area contributed by atoms with E-state index >= 15 is 0 Å². The van der Waals surface area contributed by atoms with Gasteiger partial charge >= 0.3 is 12.9 Å². The van der Waals surface area contributed by atoms with Crippen molar-refractivity contribution in [2.45, 2.75) is 11.5 Å². The molecule has 8 heteroatoms. The van der Waals surface area contributed by atoms with Crippen LogP contribution in [-0.2, 0) is 13.6 Å². The molecule has 0 N–H and O–H groups in total. The van der Waals surface area contributed by atoms with Gasteiger partial charge in [0, 0.05) is 11.2 Å². The fraction of sp³-hybridized carbons (Fsp3) is 1.00. The van der Waals surface area contributed by atoms with Crippen molar-refractivity contribution in [3.8, 4) is 0 Å². The molecule has 1 saturated heterocycles. The average Bonchev–Trinajstić information content (AvgIpc) is 1.81. The van der Waals surface area contributed by atoms with Gasteiger partial charge in [-0.05, 0) is 0 Å². The van der Waals surface area contributed by atoms with Crippen LogP contribution >= 0.6 is 29.8 Å². The van der Waals surface area contributed by atoms with E-state index in [2.05, 4.69) is 9.05 Å².